The molecule has 9 heteroatoms. The second-order valence-corrected chi connectivity index (χ2v) is 7.21. The highest BCUT2D eigenvalue weighted by Crippen LogP contribution is 2.28. The average molecular weight is 381 g/mol. The molecule has 0 amide bonds. The third-order valence-electron chi connectivity index (χ3n) is 3.07. The molecule has 1 aromatic carbocycles. The van der Waals surface area contributed by atoms with Gasteiger partial charge >= 0.3 is 0 Å². The van der Waals surface area contributed by atoms with E-state index in [1.54, 1.807) is 18.2 Å². The summed E-state index contributed by atoms with van der Waals surface area (Å²) in [4.78, 5) is 11.9. The Morgan fingerprint density at radius 1 is 1.00 bits per heavy atom. The maximum absolute atomic E-state index is 12.3. The fourth-order valence-electron chi connectivity index (χ4n) is 1.93. The van der Waals surface area contributed by atoms with Crippen LogP contribution in [0, 0.1) is 0 Å². The zero-order valence-electron chi connectivity index (χ0n) is 12.0. The highest BCUT2D eigenvalue weighted by molar-refractivity contribution is 7.92. The van der Waals surface area contributed by atoms with Crippen LogP contribution in [-0.4, -0.2) is 23.4 Å². The first-order valence-electron chi connectivity index (χ1n) is 6.66. The van der Waals surface area contributed by atoms with Crippen molar-refractivity contribution in [3.8, 4) is 11.3 Å². The number of hydrogen-bond acceptors (Lipinski definition) is 5. The number of pyridine rings is 1. The summed E-state index contributed by atoms with van der Waals surface area (Å²) in [6.07, 6.45) is 4.01. The molecular formula is C15H10Cl2N4O2S. The Morgan fingerprint density at radius 3 is 2.54 bits per heavy atom. The molecular weight excluding hydrogens is 371 g/mol. The van der Waals surface area contributed by atoms with Crippen molar-refractivity contribution < 1.29 is 8.42 Å². The number of nitrogens with zero attached hydrogens (tertiary/aromatic N) is 3. The van der Waals surface area contributed by atoms with E-state index in [1.807, 2.05) is 0 Å². The van der Waals surface area contributed by atoms with Crippen molar-refractivity contribution in [2.24, 2.45) is 0 Å². The van der Waals surface area contributed by atoms with E-state index in [0.29, 0.717) is 21.3 Å². The van der Waals surface area contributed by atoms with Crippen molar-refractivity contribution in [1.82, 2.24) is 15.0 Å². The third kappa shape index (κ3) is 3.64. The number of aromatic nitrogens is 3. The van der Waals surface area contributed by atoms with Gasteiger partial charge in [-0.1, -0.05) is 29.3 Å². The van der Waals surface area contributed by atoms with Crippen molar-refractivity contribution in [2.75, 3.05) is 4.72 Å². The lowest BCUT2D eigenvalue weighted by Crippen LogP contribution is -2.14. The lowest BCUT2D eigenvalue weighted by molar-refractivity contribution is 0.600. The van der Waals surface area contributed by atoms with E-state index in [9.17, 15) is 8.42 Å². The van der Waals surface area contributed by atoms with Gasteiger partial charge in [-0.2, -0.15) is 0 Å². The zero-order valence-corrected chi connectivity index (χ0v) is 14.3. The number of benzene rings is 1. The smallest absolute Gasteiger partial charge is 0.263 e. The van der Waals surface area contributed by atoms with Crippen LogP contribution in [0.25, 0.3) is 11.3 Å². The summed E-state index contributed by atoms with van der Waals surface area (Å²) in [7, 11) is -3.78. The Labute approximate surface area is 148 Å². The molecule has 0 fully saturated rings. The summed E-state index contributed by atoms with van der Waals surface area (Å²) >= 11 is 11.9. The van der Waals surface area contributed by atoms with Crippen molar-refractivity contribution in [3.63, 3.8) is 0 Å². The summed E-state index contributed by atoms with van der Waals surface area (Å²) in [5.41, 5.74) is 1.20. The molecule has 0 unspecified atom stereocenters. The van der Waals surface area contributed by atoms with Gasteiger partial charge in [0.1, 0.15) is 17.0 Å². The average Bonchev–Trinajstić information content (AvgIpc) is 2.58. The Morgan fingerprint density at radius 2 is 1.83 bits per heavy atom. The Balaban J connectivity index is 1.92. The highest BCUT2D eigenvalue weighted by Gasteiger charge is 2.15. The van der Waals surface area contributed by atoms with E-state index in [-0.39, 0.29) is 10.7 Å². The molecule has 0 atom stereocenters. The van der Waals surface area contributed by atoms with Gasteiger partial charge in [-0.05, 0) is 24.3 Å². The van der Waals surface area contributed by atoms with Crippen LogP contribution in [0.1, 0.15) is 0 Å². The molecule has 0 spiro atoms. The first kappa shape index (κ1) is 16.6. The van der Waals surface area contributed by atoms with Crippen LogP contribution in [0.2, 0.25) is 10.0 Å². The largest absolute Gasteiger partial charge is 0.264 e. The number of halogens is 2. The normalized spacial score (nSPS) is 11.2. The van der Waals surface area contributed by atoms with E-state index < -0.39 is 10.0 Å². The molecule has 0 aliphatic rings. The van der Waals surface area contributed by atoms with Crippen molar-refractivity contribution >= 4 is 39.0 Å². The molecule has 0 aliphatic heterocycles. The van der Waals surface area contributed by atoms with Crippen LogP contribution in [0.3, 0.4) is 0 Å². The monoisotopic (exact) mass is 380 g/mol. The number of hydrogen-bond donors (Lipinski definition) is 1. The molecule has 122 valence electrons. The van der Waals surface area contributed by atoms with E-state index in [0.717, 1.165) is 0 Å². The van der Waals surface area contributed by atoms with Crippen LogP contribution >= 0.6 is 23.2 Å². The van der Waals surface area contributed by atoms with Gasteiger partial charge < -0.3 is 0 Å². The summed E-state index contributed by atoms with van der Waals surface area (Å²) in [5, 5.41) is 0.803. The molecule has 3 aromatic rings. The molecule has 3 rings (SSSR count). The van der Waals surface area contributed by atoms with Gasteiger partial charge in [-0.3, -0.25) is 9.71 Å². The Bertz CT molecular complexity index is 982. The van der Waals surface area contributed by atoms with Gasteiger partial charge in [0.05, 0.1) is 15.7 Å². The Kier molecular flexibility index (Phi) is 4.66. The lowest BCUT2D eigenvalue weighted by atomic mass is 10.1. The second-order valence-electron chi connectivity index (χ2n) is 4.71. The summed E-state index contributed by atoms with van der Waals surface area (Å²) in [6, 6.07) is 9.50. The molecule has 2 heterocycles. The molecule has 1 N–H and O–H groups in total. The van der Waals surface area contributed by atoms with Gasteiger partial charge in [0, 0.05) is 24.0 Å². The number of rotatable bonds is 4. The molecule has 0 saturated heterocycles. The fourth-order valence-corrected chi connectivity index (χ4v) is 3.19. The minimum atomic E-state index is -3.78. The van der Waals surface area contributed by atoms with Crippen LogP contribution in [0.5, 0.6) is 0 Å². The topological polar surface area (TPSA) is 84.8 Å². The van der Waals surface area contributed by atoms with Crippen molar-refractivity contribution in [2.45, 2.75) is 4.90 Å². The molecule has 2 aromatic heterocycles. The number of nitrogens with one attached hydrogen (secondary N) is 1. The van der Waals surface area contributed by atoms with E-state index in [2.05, 4.69) is 19.7 Å². The maximum Gasteiger partial charge on any atom is 0.264 e. The quantitative estimate of drug-likeness (QED) is 0.746. The van der Waals surface area contributed by atoms with Crippen molar-refractivity contribution in [3.05, 3.63) is 65.2 Å². The summed E-state index contributed by atoms with van der Waals surface area (Å²) in [5.74, 6) is 0.134. The van der Waals surface area contributed by atoms with Gasteiger partial charge in [0.2, 0.25) is 0 Å². The predicted molar refractivity (Wildman–Crippen MR) is 92.5 cm³/mol. The molecule has 24 heavy (non-hydrogen) atoms. The third-order valence-corrected chi connectivity index (χ3v) is 5.15. The van der Waals surface area contributed by atoms with Crippen LogP contribution < -0.4 is 4.72 Å². The number of anilines is 1. The minimum Gasteiger partial charge on any atom is -0.263 e. The van der Waals surface area contributed by atoms with Crippen LogP contribution in [-0.2, 0) is 10.0 Å². The molecule has 0 radical (unpaired) electrons. The maximum atomic E-state index is 12.3. The second kappa shape index (κ2) is 6.72. The first-order valence-corrected chi connectivity index (χ1v) is 8.90. The summed E-state index contributed by atoms with van der Waals surface area (Å²) in [6.45, 7) is 0. The Hall–Kier alpha value is -2.22. The SMILES string of the molecule is O=S(=O)(Nc1cc(-c2ccc(Cl)c(Cl)c2)ncn1)c1cccnc1. The van der Waals surface area contributed by atoms with Crippen LogP contribution in [0.15, 0.2) is 60.0 Å². The minimum absolute atomic E-state index is 0.0414. The van der Waals surface area contributed by atoms with E-state index in [4.69, 9.17) is 23.2 Å². The number of sulfonamides is 1. The van der Waals surface area contributed by atoms with Crippen molar-refractivity contribution in [1.29, 1.82) is 0 Å². The lowest BCUT2D eigenvalue weighted by Gasteiger charge is -2.08. The van der Waals surface area contributed by atoms with Gasteiger partial charge in [0.15, 0.2) is 0 Å². The molecule has 0 aliphatic carbocycles. The summed E-state index contributed by atoms with van der Waals surface area (Å²) < 4.78 is 27.0. The molecule has 0 bridgehead atoms. The van der Waals surface area contributed by atoms with Gasteiger partial charge in [0.25, 0.3) is 10.0 Å². The first-order chi connectivity index (χ1) is 11.5. The van der Waals surface area contributed by atoms with Gasteiger partial charge in [-0.25, -0.2) is 18.4 Å². The fraction of sp³-hybridized carbons (Fsp3) is 0. The highest BCUT2D eigenvalue weighted by atomic mass is 35.5. The zero-order chi connectivity index (χ0) is 17.2. The van der Waals surface area contributed by atoms with Gasteiger partial charge in [-0.15, -0.1) is 0 Å². The predicted octanol–water partition coefficient (Wildman–Crippen LogP) is 3.65. The molecule has 0 saturated carbocycles. The standard InChI is InChI=1S/C15H10Cl2N4O2S/c16-12-4-3-10(6-13(12)17)14-7-15(20-9-19-14)21-24(22,23)11-2-1-5-18-8-11/h1-9H,(H,19,20,21). The molecule has 6 nitrogen and oxygen atoms in total. The van der Waals surface area contributed by atoms with E-state index >= 15 is 0 Å². The van der Waals surface area contributed by atoms with Crippen LogP contribution in [0.4, 0.5) is 5.82 Å². The van der Waals surface area contributed by atoms with E-state index in [1.165, 1.54) is 36.9 Å².